The van der Waals surface area contributed by atoms with Crippen LogP contribution in [0.2, 0.25) is 0 Å². The zero-order chi connectivity index (χ0) is 20.3. The van der Waals surface area contributed by atoms with Crippen molar-refractivity contribution in [1.29, 1.82) is 0 Å². The van der Waals surface area contributed by atoms with Crippen molar-refractivity contribution >= 4 is 23.5 Å². The number of carbonyl (C=O) groups excluding carboxylic acids is 2. The van der Waals surface area contributed by atoms with Crippen LogP contribution < -0.4 is 5.32 Å². The Morgan fingerprint density at radius 1 is 1.29 bits per heavy atom. The van der Waals surface area contributed by atoms with E-state index in [4.69, 9.17) is 4.74 Å². The summed E-state index contributed by atoms with van der Waals surface area (Å²) in [6.07, 6.45) is 0. The molecule has 0 aromatic heterocycles. The summed E-state index contributed by atoms with van der Waals surface area (Å²) < 4.78 is 5.06. The smallest absolute Gasteiger partial charge is 0.321 e. The van der Waals surface area contributed by atoms with Crippen molar-refractivity contribution in [2.75, 3.05) is 39.8 Å². The number of hydrogen-bond acceptors (Lipinski definition) is 8. The third kappa shape index (κ3) is 4.11. The molecular weight excluding hydrogens is 366 g/mol. The Morgan fingerprint density at radius 3 is 2.50 bits per heavy atom. The molecule has 1 fully saturated rings. The van der Waals surface area contributed by atoms with Gasteiger partial charge in [0.05, 0.1) is 11.5 Å². The van der Waals surface area contributed by atoms with Crippen LogP contribution >= 0.6 is 0 Å². The summed E-state index contributed by atoms with van der Waals surface area (Å²) in [5.74, 6) is -1.87. The maximum atomic E-state index is 12.7. The van der Waals surface area contributed by atoms with Crippen LogP contribution in [0.4, 0.5) is 5.69 Å². The van der Waals surface area contributed by atoms with Crippen molar-refractivity contribution in [3.63, 3.8) is 0 Å². The van der Waals surface area contributed by atoms with Gasteiger partial charge in [-0.3, -0.25) is 25.0 Å². The number of hydrogen-bond donors (Lipinski definition) is 1. The Morgan fingerprint density at radius 2 is 1.93 bits per heavy atom. The number of benzene rings is 1. The number of nitrogens with one attached hydrogen (secondary N) is 1. The summed E-state index contributed by atoms with van der Waals surface area (Å²) in [4.78, 5) is 44.4. The summed E-state index contributed by atoms with van der Waals surface area (Å²) in [6, 6.07) is 4.94. The molecule has 0 bridgehead atoms. The molecule has 2 heterocycles. The molecule has 1 N–H and O–H groups in total. The molecule has 28 heavy (non-hydrogen) atoms. The van der Waals surface area contributed by atoms with Crippen LogP contribution in [0.25, 0.3) is 0 Å². The Balaban J connectivity index is 1.94. The Hall–Kier alpha value is -3.01. The largest absolute Gasteiger partial charge is 0.465 e. The lowest BCUT2D eigenvalue weighted by molar-refractivity contribution is -0.384. The third-order valence-electron chi connectivity index (χ3n) is 4.88. The number of piperazine rings is 1. The van der Waals surface area contributed by atoms with Gasteiger partial charge >= 0.3 is 5.97 Å². The van der Waals surface area contributed by atoms with Gasteiger partial charge in [0.15, 0.2) is 5.92 Å². The fourth-order valence-electron chi connectivity index (χ4n) is 3.28. The van der Waals surface area contributed by atoms with Crippen molar-refractivity contribution in [2.24, 2.45) is 10.9 Å². The minimum absolute atomic E-state index is 0.0695. The van der Waals surface area contributed by atoms with Crippen molar-refractivity contribution in [1.82, 2.24) is 15.1 Å². The average Bonchev–Trinajstić information content (AvgIpc) is 2.68. The predicted octanol–water partition coefficient (Wildman–Crippen LogP) is 0.548. The summed E-state index contributed by atoms with van der Waals surface area (Å²) in [5, 5.41) is 13.6. The van der Waals surface area contributed by atoms with E-state index in [1.54, 1.807) is 6.92 Å². The number of non-ortho nitro benzene ring substituents is 1. The van der Waals surface area contributed by atoms with Crippen LogP contribution in [-0.4, -0.2) is 72.4 Å². The molecule has 2 aliphatic heterocycles. The van der Waals surface area contributed by atoms with Gasteiger partial charge in [0.1, 0.15) is 6.04 Å². The van der Waals surface area contributed by atoms with Gasteiger partial charge < -0.3 is 14.5 Å². The third-order valence-corrected chi connectivity index (χ3v) is 4.88. The Labute approximate surface area is 162 Å². The second-order valence-electron chi connectivity index (χ2n) is 6.76. The first-order valence-electron chi connectivity index (χ1n) is 9.14. The Bertz CT molecular complexity index is 786. The fraction of sp³-hybridized carbons (Fsp3) is 0.500. The highest BCUT2D eigenvalue weighted by Crippen LogP contribution is 2.32. The number of guanidine groups is 1. The molecule has 1 aromatic carbocycles. The minimum atomic E-state index is -1.14. The van der Waals surface area contributed by atoms with Crippen molar-refractivity contribution < 1.29 is 19.2 Å². The maximum Gasteiger partial charge on any atom is 0.321 e. The summed E-state index contributed by atoms with van der Waals surface area (Å²) in [6.45, 7) is 4.87. The number of aliphatic imine (C=N–C) groups is 1. The molecule has 0 spiro atoms. The number of carbonyl (C=O) groups is 2. The number of nitrogens with zero attached hydrogens (tertiary/aromatic N) is 4. The molecule has 1 aromatic rings. The van der Waals surface area contributed by atoms with Crippen LogP contribution in [0.1, 0.15) is 18.5 Å². The maximum absolute atomic E-state index is 12.7. The number of amides is 1. The standard InChI is InChI=1S/C18H23N5O5/c1-3-28-17(25)14-15(12-4-6-13(7-5-12)23(26)27)19-18(20-16(14)24)22-10-8-21(2)9-11-22/h4-7,14-15H,3,8-11H2,1-2H3,(H,19,20,24)/t14-,15-/m1/s1. The van der Waals surface area contributed by atoms with Crippen molar-refractivity contribution in [2.45, 2.75) is 13.0 Å². The van der Waals surface area contributed by atoms with E-state index in [0.717, 1.165) is 13.1 Å². The monoisotopic (exact) mass is 389 g/mol. The number of esters is 1. The van der Waals surface area contributed by atoms with E-state index < -0.39 is 28.8 Å². The van der Waals surface area contributed by atoms with Crippen LogP contribution in [0.5, 0.6) is 0 Å². The summed E-state index contributed by atoms with van der Waals surface area (Å²) in [7, 11) is 2.02. The lowest BCUT2D eigenvalue weighted by Gasteiger charge is -2.37. The Kier molecular flexibility index (Phi) is 5.88. The highest BCUT2D eigenvalue weighted by atomic mass is 16.6. The molecule has 0 unspecified atom stereocenters. The number of likely N-dealkylation sites (N-methyl/N-ethyl adjacent to an activating group) is 1. The van der Waals surface area contributed by atoms with Gasteiger partial charge in [0, 0.05) is 38.3 Å². The van der Waals surface area contributed by atoms with Gasteiger partial charge in [0.25, 0.3) is 5.69 Å². The molecule has 0 saturated carbocycles. The first kappa shape index (κ1) is 19.7. The molecule has 1 saturated heterocycles. The van der Waals surface area contributed by atoms with E-state index in [-0.39, 0.29) is 12.3 Å². The van der Waals surface area contributed by atoms with Gasteiger partial charge in [-0.2, -0.15) is 0 Å². The minimum Gasteiger partial charge on any atom is -0.465 e. The van der Waals surface area contributed by atoms with E-state index in [1.807, 2.05) is 11.9 Å². The molecule has 2 atom stereocenters. The number of nitro benzene ring substituents is 1. The molecule has 10 heteroatoms. The van der Waals surface area contributed by atoms with E-state index in [0.29, 0.717) is 24.6 Å². The highest BCUT2D eigenvalue weighted by Gasteiger charge is 2.42. The van der Waals surface area contributed by atoms with E-state index >= 15 is 0 Å². The quantitative estimate of drug-likeness (QED) is 0.346. The van der Waals surface area contributed by atoms with E-state index in [1.165, 1.54) is 24.3 Å². The molecule has 3 rings (SSSR count). The molecular formula is C18H23N5O5. The fourth-order valence-corrected chi connectivity index (χ4v) is 3.28. The first-order valence-corrected chi connectivity index (χ1v) is 9.14. The summed E-state index contributed by atoms with van der Waals surface area (Å²) in [5.41, 5.74) is 0.477. The highest BCUT2D eigenvalue weighted by molar-refractivity contribution is 6.08. The molecule has 0 radical (unpaired) electrons. The van der Waals surface area contributed by atoms with Gasteiger partial charge in [-0.05, 0) is 19.5 Å². The summed E-state index contributed by atoms with van der Waals surface area (Å²) >= 11 is 0. The lowest BCUT2D eigenvalue weighted by atomic mass is 9.91. The lowest BCUT2D eigenvalue weighted by Crippen LogP contribution is -2.56. The van der Waals surface area contributed by atoms with E-state index in [2.05, 4.69) is 15.2 Å². The van der Waals surface area contributed by atoms with Crippen LogP contribution in [0.3, 0.4) is 0 Å². The molecule has 0 aliphatic carbocycles. The van der Waals surface area contributed by atoms with Gasteiger partial charge in [-0.15, -0.1) is 0 Å². The topological polar surface area (TPSA) is 117 Å². The van der Waals surface area contributed by atoms with Gasteiger partial charge in [0.2, 0.25) is 11.9 Å². The number of rotatable bonds is 4. The normalized spacial score (nSPS) is 23.0. The van der Waals surface area contributed by atoms with Crippen LogP contribution in [-0.2, 0) is 14.3 Å². The van der Waals surface area contributed by atoms with Gasteiger partial charge in [-0.25, -0.2) is 4.99 Å². The van der Waals surface area contributed by atoms with Crippen LogP contribution in [0, 0.1) is 16.0 Å². The average molecular weight is 389 g/mol. The van der Waals surface area contributed by atoms with Gasteiger partial charge in [-0.1, -0.05) is 12.1 Å². The second kappa shape index (κ2) is 8.34. The molecule has 1 amide bonds. The molecule has 150 valence electrons. The first-order chi connectivity index (χ1) is 13.4. The van der Waals surface area contributed by atoms with Crippen molar-refractivity contribution in [3.8, 4) is 0 Å². The van der Waals surface area contributed by atoms with E-state index in [9.17, 15) is 19.7 Å². The van der Waals surface area contributed by atoms with Crippen LogP contribution in [0.15, 0.2) is 29.3 Å². The number of ether oxygens (including phenoxy) is 1. The molecule has 10 nitrogen and oxygen atoms in total. The predicted molar refractivity (Wildman–Crippen MR) is 101 cm³/mol. The SMILES string of the molecule is CCOC(=O)[C@H]1C(=O)NC(N2CCN(C)CC2)=N[C@@H]1c1ccc([N+](=O)[O-])cc1. The van der Waals surface area contributed by atoms with Crippen molar-refractivity contribution in [3.05, 3.63) is 39.9 Å². The zero-order valence-electron chi connectivity index (χ0n) is 15.8. The number of nitro groups is 1. The second-order valence-corrected chi connectivity index (χ2v) is 6.76. The molecule has 2 aliphatic rings. The zero-order valence-corrected chi connectivity index (χ0v) is 15.8.